The zero-order valence-corrected chi connectivity index (χ0v) is 9.78. The highest BCUT2D eigenvalue weighted by atomic mass is 19.1. The van der Waals surface area contributed by atoms with Crippen molar-refractivity contribution in [3.8, 4) is 5.88 Å². The first-order valence-corrected chi connectivity index (χ1v) is 5.38. The molecule has 1 N–H and O–H groups in total. The van der Waals surface area contributed by atoms with Gasteiger partial charge in [-0.3, -0.25) is 0 Å². The van der Waals surface area contributed by atoms with Crippen molar-refractivity contribution in [3.63, 3.8) is 0 Å². The third kappa shape index (κ3) is 2.94. The lowest BCUT2D eigenvalue weighted by Gasteiger charge is -2.07. The van der Waals surface area contributed by atoms with Crippen molar-refractivity contribution < 1.29 is 13.5 Å². The van der Waals surface area contributed by atoms with Crippen molar-refractivity contribution in [2.75, 3.05) is 12.4 Å². The second-order valence-electron chi connectivity index (χ2n) is 3.65. The van der Waals surface area contributed by atoms with Crippen molar-refractivity contribution in [2.45, 2.75) is 6.54 Å². The van der Waals surface area contributed by atoms with Crippen LogP contribution in [0.2, 0.25) is 0 Å². The molecule has 3 nitrogen and oxygen atoms in total. The highest BCUT2D eigenvalue weighted by Crippen LogP contribution is 2.14. The summed E-state index contributed by atoms with van der Waals surface area (Å²) in [7, 11) is 1.52. The molecule has 18 heavy (non-hydrogen) atoms. The van der Waals surface area contributed by atoms with Crippen molar-refractivity contribution >= 4 is 5.82 Å². The number of hydrogen-bond donors (Lipinski definition) is 1. The van der Waals surface area contributed by atoms with Crippen LogP contribution in [0, 0.1) is 11.6 Å². The van der Waals surface area contributed by atoms with E-state index in [1.165, 1.54) is 19.2 Å². The highest BCUT2D eigenvalue weighted by molar-refractivity contribution is 5.38. The van der Waals surface area contributed by atoms with E-state index in [4.69, 9.17) is 4.74 Å². The molecule has 0 saturated heterocycles. The van der Waals surface area contributed by atoms with Crippen LogP contribution in [0.4, 0.5) is 14.6 Å². The average Bonchev–Trinajstić information content (AvgIpc) is 2.38. The van der Waals surface area contributed by atoms with Crippen LogP contribution >= 0.6 is 0 Å². The Kier molecular flexibility index (Phi) is 3.72. The van der Waals surface area contributed by atoms with Gasteiger partial charge in [0.1, 0.15) is 17.5 Å². The monoisotopic (exact) mass is 250 g/mol. The van der Waals surface area contributed by atoms with Gasteiger partial charge in [0, 0.05) is 24.2 Å². The largest absolute Gasteiger partial charge is 0.481 e. The van der Waals surface area contributed by atoms with Gasteiger partial charge in [0.25, 0.3) is 0 Å². The second kappa shape index (κ2) is 5.44. The number of pyridine rings is 1. The van der Waals surface area contributed by atoms with E-state index >= 15 is 0 Å². The van der Waals surface area contributed by atoms with Crippen molar-refractivity contribution in [1.82, 2.24) is 4.98 Å². The molecule has 0 radical (unpaired) electrons. The molecule has 0 spiro atoms. The minimum atomic E-state index is -0.587. The lowest BCUT2D eigenvalue weighted by molar-refractivity contribution is 0.398. The van der Waals surface area contributed by atoms with E-state index < -0.39 is 11.6 Å². The Morgan fingerprint density at radius 2 is 2.06 bits per heavy atom. The van der Waals surface area contributed by atoms with Gasteiger partial charge in [-0.1, -0.05) is 12.1 Å². The van der Waals surface area contributed by atoms with Crippen molar-refractivity contribution in [1.29, 1.82) is 0 Å². The van der Waals surface area contributed by atoms with Crippen LogP contribution in [0.25, 0.3) is 0 Å². The quantitative estimate of drug-likeness (QED) is 0.905. The maximum Gasteiger partial charge on any atom is 0.214 e. The molecule has 0 bridgehead atoms. The van der Waals surface area contributed by atoms with Crippen LogP contribution < -0.4 is 10.1 Å². The SMILES string of the molecule is COc1cccc(NCc2ccc(F)cc2F)n1. The summed E-state index contributed by atoms with van der Waals surface area (Å²) >= 11 is 0. The predicted molar refractivity (Wildman–Crippen MR) is 64.5 cm³/mol. The molecule has 1 heterocycles. The minimum Gasteiger partial charge on any atom is -0.481 e. The summed E-state index contributed by atoms with van der Waals surface area (Å²) in [6.45, 7) is 0.228. The van der Waals surface area contributed by atoms with E-state index in [9.17, 15) is 8.78 Å². The van der Waals surface area contributed by atoms with Crippen molar-refractivity contribution in [2.24, 2.45) is 0 Å². The van der Waals surface area contributed by atoms with E-state index in [2.05, 4.69) is 10.3 Å². The topological polar surface area (TPSA) is 34.1 Å². The Hall–Kier alpha value is -2.17. The van der Waals surface area contributed by atoms with Crippen LogP contribution in [0.1, 0.15) is 5.56 Å². The summed E-state index contributed by atoms with van der Waals surface area (Å²) < 4.78 is 31.1. The normalized spacial score (nSPS) is 10.2. The van der Waals surface area contributed by atoms with E-state index in [1.54, 1.807) is 18.2 Å². The van der Waals surface area contributed by atoms with Gasteiger partial charge in [-0.2, -0.15) is 4.98 Å². The summed E-state index contributed by atoms with van der Waals surface area (Å²) in [6, 6.07) is 8.70. The maximum absolute atomic E-state index is 13.4. The number of nitrogens with zero attached hydrogens (tertiary/aromatic N) is 1. The molecule has 1 aromatic carbocycles. The Bertz CT molecular complexity index is 546. The first kappa shape index (κ1) is 12.3. The Morgan fingerprint density at radius 3 is 2.78 bits per heavy atom. The molecular weight excluding hydrogens is 238 g/mol. The van der Waals surface area contributed by atoms with E-state index in [1.807, 2.05) is 0 Å². The number of aromatic nitrogens is 1. The fraction of sp³-hybridized carbons (Fsp3) is 0.154. The third-order valence-corrected chi connectivity index (χ3v) is 2.41. The molecule has 5 heteroatoms. The number of anilines is 1. The number of ether oxygens (including phenoxy) is 1. The van der Waals surface area contributed by atoms with Crippen LogP contribution in [-0.4, -0.2) is 12.1 Å². The number of benzene rings is 1. The van der Waals surface area contributed by atoms with E-state index in [0.717, 1.165) is 6.07 Å². The lowest BCUT2D eigenvalue weighted by atomic mass is 10.2. The maximum atomic E-state index is 13.4. The summed E-state index contributed by atoms with van der Waals surface area (Å²) in [6.07, 6.45) is 0. The first-order chi connectivity index (χ1) is 8.69. The van der Waals surface area contributed by atoms with Gasteiger partial charge in [-0.15, -0.1) is 0 Å². The molecule has 94 valence electrons. The molecule has 0 aliphatic rings. The van der Waals surface area contributed by atoms with Gasteiger partial charge < -0.3 is 10.1 Å². The molecular formula is C13H12F2N2O. The summed E-state index contributed by atoms with van der Waals surface area (Å²) in [4.78, 5) is 4.12. The van der Waals surface area contributed by atoms with Gasteiger partial charge in [-0.05, 0) is 12.1 Å². The van der Waals surface area contributed by atoms with Crippen LogP contribution in [0.5, 0.6) is 5.88 Å². The number of methoxy groups -OCH3 is 1. The van der Waals surface area contributed by atoms with Gasteiger partial charge in [0.2, 0.25) is 5.88 Å². The van der Waals surface area contributed by atoms with Gasteiger partial charge in [0.05, 0.1) is 7.11 Å². The van der Waals surface area contributed by atoms with Crippen LogP contribution in [0.15, 0.2) is 36.4 Å². The summed E-state index contributed by atoms with van der Waals surface area (Å²) in [5.74, 6) is -0.126. The van der Waals surface area contributed by atoms with E-state index in [-0.39, 0.29) is 6.54 Å². The third-order valence-electron chi connectivity index (χ3n) is 2.41. The van der Waals surface area contributed by atoms with E-state index in [0.29, 0.717) is 17.3 Å². The molecule has 0 saturated carbocycles. The number of rotatable bonds is 4. The Labute approximate surface area is 103 Å². The second-order valence-corrected chi connectivity index (χ2v) is 3.65. The molecule has 2 rings (SSSR count). The fourth-order valence-corrected chi connectivity index (χ4v) is 1.48. The lowest BCUT2D eigenvalue weighted by Crippen LogP contribution is -2.04. The minimum absolute atomic E-state index is 0.228. The van der Waals surface area contributed by atoms with Gasteiger partial charge >= 0.3 is 0 Å². The average molecular weight is 250 g/mol. The summed E-state index contributed by atoms with van der Waals surface area (Å²) in [5.41, 5.74) is 0.376. The molecule has 2 aromatic rings. The Balaban J connectivity index is 2.06. The molecule has 0 aliphatic heterocycles. The highest BCUT2D eigenvalue weighted by Gasteiger charge is 2.04. The fourth-order valence-electron chi connectivity index (χ4n) is 1.48. The van der Waals surface area contributed by atoms with Crippen LogP contribution in [-0.2, 0) is 6.54 Å². The number of hydrogen-bond acceptors (Lipinski definition) is 3. The molecule has 0 atom stereocenters. The number of halogens is 2. The smallest absolute Gasteiger partial charge is 0.214 e. The molecule has 1 aromatic heterocycles. The van der Waals surface area contributed by atoms with Crippen LogP contribution in [0.3, 0.4) is 0 Å². The van der Waals surface area contributed by atoms with Gasteiger partial charge in [-0.25, -0.2) is 8.78 Å². The van der Waals surface area contributed by atoms with Crippen molar-refractivity contribution in [3.05, 3.63) is 53.6 Å². The standard InChI is InChI=1S/C13H12F2N2O/c1-18-13-4-2-3-12(17-13)16-8-9-5-6-10(14)7-11(9)15/h2-7H,8H2,1H3,(H,16,17). The summed E-state index contributed by atoms with van der Waals surface area (Å²) in [5, 5.41) is 2.94. The zero-order valence-electron chi connectivity index (χ0n) is 9.78. The Morgan fingerprint density at radius 1 is 1.22 bits per heavy atom. The predicted octanol–water partition coefficient (Wildman–Crippen LogP) is 2.98. The molecule has 0 aliphatic carbocycles. The molecule has 0 amide bonds. The first-order valence-electron chi connectivity index (χ1n) is 5.38. The molecule has 0 unspecified atom stereocenters. The number of nitrogens with one attached hydrogen (secondary N) is 1. The zero-order chi connectivity index (χ0) is 13.0. The molecule has 0 fully saturated rings. The van der Waals surface area contributed by atoms with Gasteiger partial charge in [0.15, 0.2) is 0 Å².